The Hall–Kier alpha value is -3.98. The van der Waals surface area contributed by atoms with Crippen LogP contribution >= 0.6 is 11.6 Å². The molecule has 3 N–H and O–H groups in total. The minimum Gasteiger partial charge on any atom is -0.548 e. The molecule has 10 heteroatoms. The van der Waals surface area contributed by atoms with Gasteiger partial charge in [0.2, 0.25) is 0 Å². The molecule has 0 saturated carbocycles. The number of halogens is 1. The number of carboxylic acids is 1. The lowest BCUT2D eigenvalue weighted by molar-refractivity contribution is -0.308. The van der Waals surface area contributed by atoms with Gasteiger partial charge in [-0.25, -0.2) is 4.79 Å². The number of phenolic OH excluding ortho intramolecular Hbond substituents is 1. The Kier molecular flexibility index (Phi) is 7.73. The average molecular weight is 526 g/mol. The highest BCUT2D eigenvalue weighted by atomic mass is 35.5. The van der Waals surface area contributed by atoms with Crippen LogP contribution in [0.2, 0.25) is 5.02 Å². The highest BCUT2D eigenvalue weighted by Gasteiger charge is 2.23. The largest absolute Gasteiger partial charge is 0.548 e. The molecule has 0 unspecified atom stereocenters. The summed E-state index contributed by atoms with van der Waals surface area (Å²) in [5.74, 6) is -2.03. The molecule has 2 heterocycles. The molecule has 0 aliphatic carbocycles. The number of H-pyrrole nitrogens is 1. The molecule has 4 aromatic rings. The van der Waals surface area contributed by atoms with Crippen LogP contribution in [0.3, 0.4) is 0 Å². The fourth-order valence-corrected chi connectivity index (χ4v) is 4.38. The summed E-state index contributed by atoms with van der Waals surface area (Å²) >= 11 is 6.41. The summed E-state index contributed by atoms with van der Waals surface area (Å²) in [4.78, 5) is 39.6. The fraction of sp³-hybridized carbons (Fsp3) is 0.296. The number of benzene rings is 2. The van der Waals surface area contributed by atoms with Crippen LogP contribution in [-0.4, -0.2) is 34.1 Å². The molecule has 0 saturated heterocycles. The number of fused-ring (bicyclic) bond motifs is 2. The molecule has 4 rings (SSSR count). The van der Waals surface area contributed by atoms with Crippen molar-refractivity contribution in [1.82, 2.24) is 10.3 Å². The van der Waals surface area contributed by atoms with E-state index in [0.29, 0.717) is 28.3 Å². The number of carbonyl (C=O) groups excluding carboxylic acids is 2. The first kappa shape index (κ1) is 26.1. The van der Waals surface area contributed by atoms with Gasteiger partial charge in [-0.2, -0.15) is 0 Å². The third kappa shape index (κ3) is 5.89. The third-order valence-electron chi connectivity index (χ3n) is 6.13. The molecule has 2 aromatic heterocycles. The summed E-state index contributed by atoms with van der Waals surface area (Å²) in [5.41, 5.74) is 1.89. The van der Waals surface area contributed by atoms with E-state index in [1.807, 2.05) is 0 Å². The molecule has 0 bridgehead atoms. The van der Waals surface area contributed by atoms with Crippen LogP contribution < -0.4 is 20.8 Å². The van der Waals surface area contributed by atoms with Gasteiger partial charge in [0.1, 0.15) is 17.1 Å². The second-order valence-electron chi connectivity index (χ2n) is 8.86. The number of aromatic hydroxyl groups is 1. The third-order valence-corrected chi connectivity index (χ3v) is 6.43. The monoisotopic (exact) mass is 525 g/mol. The maximum Gasteiger partial charge on any atom is 0.336 e. The number of phenols is 1. The highest BCUT2D eigenvalue weighted by Crippen LogP contribution is 2.32. The zero-order valence-electron chi connectivity index (χ0n) is 20.3. The Morgan fingerprint density at radius 1 is 1.19 bits per heavy atom. The van der Waals surface area contributed by atoms with E-state index in [1.165, 1.54) is 31.2 Å². The number of unbranched alkanes of at least 4 members (excludes halogenated alkanes) is 1. The number of aliphatic carboxylic acids is 1. The van der Waals surface area contributed by atoms with E-state index in [1.54, 1.807) is 18.3 Å². The van der Waals surface area contributed by atoms with Crippen molar-refractivity contribution >= 4 is 45.3 Å². The van der Waals surface area contributed by atoms with Gasteiger partial charge in [-0.1, -0.05) is 24.9 Å². The van der Waals surface area contributed by atoms with Gasteiger partial charge in [-0.05, 0) is 55.2 Å². The summed E-state index contributed by atoms with van der Waals surface area (Å²) in [7, 11) is 0. The Bertz CT molecular complexity index is 1520. The van der Waals surface area contributed by atoms with Crippen molar-refractivity contribution in [2.24, 2.45) is 0 Å². The van der Waals surface area contributed by atoms with E-state index >= 15 is 0 Å². The number of aromatic amines is 1. The van der Waals surface area contributed by atoms with E-state index in [2.05, 4.69) is 17.2 Å². The number of hydrogen-bond acceptors (Lipinski definition) is 7. The Balaban J connectivity index is 1.51. The maximum atomic E-state index is 12.8. The van der Waals surface area contributed by atoms with Crippen LogP contribution in [-0.2, 0) is 22.4 Å². The van der Waals surface area contributed by atoms with Gasteiger partial charge in [0.15, 0.2) is 6.10 Å². The first-order valence-corrected chi connectivity index (χ1v) is 12.3. The minimum atomic E-state index is -1.47. The molecule has 0 radical (unpaired) electrons. The smallest absolute Gasteiger partial charge is 0.336 e. The molecule has 1 amide bonds. The lowest BCUT2D eigenvalue weighted by Gasteiger charge is -2.22. The molecule has 2 atom stereocenters. The number of ether oxygens (including phenoxy) is 1. The summed E-state index contributed by atoms with van der Waals surface area (Å²) in [5, 5.41) is 25.5. The SMILES string of the molecule is CCCCc1cc(=O)oc2cc(O[C@H](C)C(=O)N[C@H](Cc3c[nH]c4ccc(O)cc34)C(=O)[O-])c(Cl)cc12. The number of rotatable bonds is 10. The van der Waals surface area contributed by atoms with Crippen molar-refractivity contribution in [1.29, 1.82) is 0 Å². The van der Waals surface area contributed by atoms with E-state index in [9.17, 15) is 24.6 Å². The standard InChI is InChI=1S/C27H27ClN2O7/c1-3-4-5-15-9-25(32)37-23-12-24(20(28)11-19(15)23)36-14(2)26(33)30-22(27(34)35)8-16-13-29-21-7-6-17(31)10-18(16)21/h6-7,9-14,22,29,31H,3-5,8H2,1-2H3,(H,30,33)(H,34,35)/p-1/t14-,22-/m1/s1. The van der Waals surface area contributed by atoms with E-state index in [-0.39, 0.29) is 28.5 Å². The topological polar surface area (TPSA) is 145 Å². The van der Waals surface area contributed by atoms with Crippen LogP contribution in [0.4, 0.5) is 0 Å². The molecule has 37 heavy (non-hydrogen) atoms. The van der Waals surface area contributed by atoms with Gasteiger partial charge in [0.25, 0.3) is 5.91 Å². The molecule has 0 aliphatic heterocycles. The summed E-state index contributed by atoms with van der Waals surface area (Å²) < 4.78 is 11.0. The van der Waals surface area contributed by atoms with Crippen molar-refractivity contribution in [3.63, 3.8) is 0 Å². The van der Waals surface area contributed by atoms with Gasteiger partial charge in [0.05, 0.1) is 17.0 Å². The number of amides is 1. The second-order valence-corrected chi connectivity index (χ2v) is 9.27. The minimum absolute atomic E-state index is 0.0324. The molecule has 0 spiro atoms. The predicted octanol–water partition coefficient (Wildman–Crippen LogP) is 3.22. The zero-order chi connectivity index (χ0) is 26.7. The number of carbonyl (C=O) groups is 2. The lowest BCUT2D eigenvalue weighted by Crippen LogP contribution is -2.52. The summed E-state index contributed by atoms with van der Waals surface area (Å²) in [6.45, 7) is 3.50. The van der Waals surface area contributed by atoms with E-state index < -0.39 is 29.6 Å². The molecule has 0 fully saturated rings. The molecule has 2 aromatic carbocycles. The molecule has 0 aliphatic rings. The van der Waals surface area contributed by atoms with E-state index in [0.717, 1.165) is 18.4 Å². The van der Waals surface area contributed by atoms with Gasteiger partial charge in [-0.15, -0.1) is 0 Å². The number of aryl methyl sites for hydroxylation is 1. The second kappa shape index (κ2) is 11.0. The Morgan fingerprint density at radius 2 is 1.97 bits per heavy atom. The van der Waals surface area contributed by atoms with Gasteiger partial charge in [0, 0.05) is 41.0 Å². The maximum absolute atomic E-state index is 12.8. The summed E-state index contributed by atoms with van der Waals surface area (Å²) in [6.07, 6.45) is 2.95. The van der Waals surface area contributed by atoms with Crippen molar-refractivity contribution in [2.45, 2.75) is 51.7 Å². The van der Waals surface area contributed by atoms with Gasteiger partial charge in [-0.3, -0.25) is 4.79 Å². The Morgan fingerprint density at radius 3 is 2.70 bits per heavy atom. The Labute approximate surface area is 217 Å². The number of hydrogen-bond donors (Lipinski definition) is 3. The normalized spacial score (nSPS) is 12.9. The first-order chi connectivity index (χ1) is 17.7. The number of carboxylic acid groups (broad SMARTS) is 1. The number of nitrogens with one attached hydrogen (secondary N) is 2. The van der Waals surface area contributed by atoms with E-state index in [4.69, 9.17) is 20.8 Å². The van der Waals surface area contributed by atoms with Gasteiger partial charge < -0.3 is 34.5 Å². The molecule has 9 nitrogen and oxygen atoms in total. The number of aromatic nitrogens is 1. The highest BCUT2D eigenvalue weighted by molar-refractivity contribution is 6.32. The first-order valence-electron chi connectivity index (χ1n) is 11.9. The van der Waals surface area contributed by atoms with Crippen molar-refractivity contribution < 1.29 is 29.0 Å². The van der Waals surface area contributed by atoms with Crippen molar-refractivity contribution in [3.8, 4) is 11.5 Å². The predicted molar refractivity (Wildman–Crippen MR) is 137 cm³/mol. The van der Waals surface area contributed by atoms with Crippen molar-refractivity contribution in [2.75, 3.05) is 0 Å². The van der Waals surface area contributed by atoms with Gasteiger partial charge >= 0.3 is 5.63 Å². The van der Waals surface area contributed by atoms with Crippen LogP contribution in [0.25, 0.3) is 21.9 Å². The van der Waals surface area contributed by atoms with Crippen LogP contribution in [0.5, 0.6) is 11.5 Å². The fourth-order valence-electron chi connectivity index (χ4n) is 4.17. The molecule has 194 valence electrons. The van der Waals surface area contributed by atoms with Crippen LogP contribution in [0.15, 0.2) is 51.8 Å². The average Bonchev–Trinajstić information content (AvgIpc) is 3.24. The van der Waals surface area contributed by atoms with Crippen LogP contribution in [0.1, 0.15) is 37.8 Å². The summed E-state index contributed by atoms with van der Waals surface area (Å²) in [6, 6.07) is 7.85. The zero-order valence-corrected chi connectivity index (χ0v) is 21.1. The van der Waals surface area contributed by atoms with Crippen LogP contribution in [0, 0.1) is 0 Å². The quantitative estimate of drug-likeness (QED) is 0.269. The molecular formula is C27H26ClN2O7-. The lowest BCUT2D eigenvalue weighted by atomic mass is 10.0. The van der Waals surface area contributed by atoms with Crippen molar-refractivity contribution in [3.05, 3.63) is 69.2 Å². The molecular weight excluding hydrogens is 500 g/mol.